The van der Waals surface area contributed by atoms with Gasteiger partial charge in [-0.15, -0.1) is 0 Å². The van der Waals surface area contributed by atoms with E-state index in [0.717, 1.165) is 30.8 Å². The second kappa shape index (κ2) is 7.16. The third kappa shape index (κ3) is 3.90. The molecule has 1 atom stereocenters. The van der Waals surface area contributed by atoms with Gasteiger partial charge >= 0.3 is 0 Å². The first kappa shape index (κ1) is 14.7. The zero-order valence-electron chi connectivity index (χ0n) is 12.2. The Hall–Kier alpha value is -1.23. The number of hydrogen-bond acceptors (Lipinski definition) is 4. The average molecular weight is 306 g/mol. The van der Waals surface area contributed by atoms with E-state index in [1.165, 1.54) is 19.3 Å². The van der Waals surface area contributed by atoms with Crippen molar-refractivity contribution in [2.75, 3.05) is 11.5 Å². The molecule has 5 heteroatoms. The van der Waals surface area contributed by atoms with Gasteiger partial charge in [0.05, 0.1) is 0 Å². The lowest BCUT2D eigenvalue weighted by Gasteiger charge is -2.23. The molecule has 3 rings (SSSR count). The summed E-state index contributed by atoms with van der Waals surface area (Å²) >= 11 is 1.89. The van der Waals surface area contributed by atoms with Crippen LogP contribution in [0.4, 0.5) is 0 Å². The lowest BCUT2D eigenvalue weighted by atomic mass is 9.95. The third-order valence-electron chi connectivity index (χ3n) is 4.12. The van der Waals surface area contributed by atoms with Crippen molar-refractivity contribution in [2.24, 2.45) is 0 Å². The SMILES string of the molecule is O=C(NC1CCCCC1)c1cccnc1OC1CCSC1. The zero-order valence-corrected chi connectivity index (χ0v) is 13.0. The molecule has 1 aromatic heterocycles. The van der Waals surface area contributed by atoms with Crippen molar-refractivity contribution in [3.05, 3.63) is 23.9 Å². The third-order valence-corrected chi connectivity index (χ3v) is 5.25. The maximum Gasteiger partial charge on any atom is 0.256 e. The van der Waals surface area contributed by atoms with Crippen LogP contribution in [0.5, 0.6) is 5.88 Å². The van der Waals surface area contributed by atoms with Crippen LogP contribution in [0.15, 0.2) is 18.3 Å². The summed E-state index contributed by atoms with van der Waals surface area (Å²) in [6, 6.07) is 3.91. The topological polar surface area (TPSA) is 51.2 Å². The van der Waals surface area contributed by atoms with Crippen molar-refractivity contribution < 1.29 is 9.53 Å². The van der Waals surface area contributed by atoms with Gasteiger partial charge in [-0.25, -0.2) is 4.98 Å². The molecule has 1 N–H and O–H groups in total. The number of rotatable bonds is 4. The number of carbonyl (C=O) groups excluding carboxylic acids is 1. The van der Waals surface area contributed by atoms with Crippen LogP contribution in [-0.4, -0.2) is 34.5 Å². The molecule has 1 aliphatic heterocycles. The Balaban J connectivity index is 1.66. The Morgan fingerprint density at radius 1 is 1.29 bits per heavy atom. The fourth-order valence-corrected chi connectivity index (χ4v) is 4.03. The molecule has 1 saturated heterocycles. The van der Waals surface area contributed by atoms with Gasteiger partial charge in [0.2, 0.25) is 5.88 Å². The van der Waals surface area contributed by atoms with Crippen molar-refractivity contribution >= 4 is 17.7 Å². The van der Waals surface area contributed by atoms with Crippen molar-refractivity contribution in [1.82, 2.24) is 10.3 Å². The molecule has 0 aromatic carbocycles. The molecule has 1 aliphatic carbocycles. The highest BCUT2D eigenvalue weighted by Gasteiger charge is 2.23. The first-order valence-electron chi connectivity index (χ1n) is 7.83. The van der Waals surface area contributed by atoms with Gasteiger partial charge < -0.3 is 10.1 Å². The number of thioether (sulfide) groups is 1. The molecular formula is C16H22N2O2S. The summed E-state index contributed by atoms with van der Waals surface area (Å²) in [7, 11) is 0. The number of nitrogens with zero attached hydrogens (tertiary/aromatic N) is 1. The first-order valence-corrected chi connectivity index (χ1v) is 8.98. The van der Waals surface area contributed by atoms with Gasteiger partial charge in [-0.3, -0.25) is 4.79 Å². The minimum Gasteiger partial charge on any atom is -0.473 e. The molecule has 1 saturated carbocycles. The minimum absolute atomic E-state index is 0.0457. The van der Waals surface area contributed by atoms with E-state index in [1.54, 1.807) is 12.3 Å². The van der Waals surface area contributed by atoms with Crippen LogP contribution < -0.4 is 10.1 Å². The van der Waals surface area contributed by atoms with Crippen molar-refractivity contribution in [3.8, 4) is 5.88 Å². The van der Waals surface area contributed by atoms with Crippen LogP contribution in [0.2, 0.25) is 0 Å². The fraction of sp³-hybridized carbons (Fsp3) is 0.625. The highest BCUT2D eigenvalue weighted by molar-refractivity contribution is 7.99. The van der Waals surface area contributed by atoms with Crippen LogP contribution in [0.25, 0.3) is 0 Å². The number of amides is 1. The van der Waals surface area contributed by atoms with Gasteiger partial charge in [-0.2, -0.15) is 11.8 Å². The minimum atomic E-state index is -0.0457. The predicted octanol–water partition coefficient (Wildman–Crippen LogP) is 3.03. The number of hydrogen-bond donors (Lipinski definition) is 1. The van der Waals surface area contributed by atoms with Gasteiger partial charge in [-0.1, -0.05) is 19.3 Å². The molecule has 2 aliphatic rings. The Bertz CT molecular complexity index is 483. The zero-order chi connectivity index (χ0) is 14.5. The first-order chi connectivity index (χ1) is 10.3. The molecule has 114 valence electrons. The van der Waals surface area contributed by atoms with E-state index < -0.39 is 0 Å². The Morgan fingerprint density at radius 2 is 2.14 bits per heavy atom. The molecule has 1 aromatic rings. The summed E-state index contributed by atoms with van der Waals surface area (Å²) in [4.78, 5) is 16.7. The monoisotopic (exact) mass is 306 g/mol. The highest BCUT2D eigenvalue weighted by Crippen LogP contribution is 2.25. The van der Waals surface area contributed by atoms with Crippen LogP contribution >= 0.6 is 11.8 Å². The molecule has 1 amide bonds. The lowest BCUT2D eigenvalue weighted by Crippen LogP contribution is -2.36. The quantitative estimate of drug-likeness (QED) is 0.929. The summed E-state index contributed by atoms with van der Waals surface area (Å²) in [5.74, 6) is 2.55. The molecule has 2 heterocycles. The molecule has 4 nitrogen and oxygen atoms in total. The highest BCUT2D eigenvalue weighted by atomic mass is 32.2. The van der Waals surface area contributed by atoms with Crippen molar-refractivity contribution in [1.29, 1.82) is 0 Å². The molecule has 0 radical (unpaired) electrons. The van der Waals surface area contributed by atoms with E-state index in [-0.39, 0.29) is 12.0 Å². The maximum atomic E-state index is 12.5. The van der Waals surface area contributed by atoms with Gasteiger partial charge in [0.1, 0.15) is 11.7 Å². The van der Waals surface area contributed by atoms with Gasteiger partial charge in [-0.05, 0) is 37.1 Å². The van der Waals surface area contributed by atoms with E-state index in [2.05, 4.69) is 10.3 Å². The second-order valence-corrected chi connectivity index (χ2v) is 6.92. The lowest BCUT2D eigenvalue weighted by molar-refractivity contribution is 0.0920. The molecule has 1 unspecified atom stereocenters. The molecule has 2 fully saturated rings. The smallest absolute Gasteiger partial charge is 0.256 e. The maximum absolute atomic E-state index is 12.5. The summed E-state index contributed by atoms with van der Waals surface area (Å²) < 4.78 is 5.92. The molecular weight excluding hydrogens is 284 g/mol. The predicted molar refractivity (Wildman–Crippen MR) is 84.9 cm³/mol. The second-order valence-electron chi connectivity index (χ2n) is 5.77. The van der Waals surface area contributed by atoms with Crippen molar-refractivity contribution in [2.45, 2.75) is 50.7 Å². The number of ether oxygens (including phenoxy) is 1. The van der Waals surface area contributed by atoms with Gasteiger partial charge in [0, 0.05) is 18.0 Å². The summed E-state index contributed by atoms with van der Waals surface area (Å²) in [5.41, 5.74) is 0.569. The fourth-order valence-electron chi connectivity index (χ4n) is 2.93. The van der Waals surface area contributed by atoms with Crippen molar-refractivity contribution in [3.63, 3.8) is 0 Å². The van der Waals surface area contributed by atoms with E-state index in [4.69, 9.17) is 4.74 Å². The van der Waals surface area contributed by atoms with Crippen LogP contribution in [0.1, 0.15) is 48.9 Å². The number of carbonyl (C=O) groups is 1. The number of nitrogens with one attached hydrogen (secondary N) is 1. The van der Waals surface area contributed by atoms with Crippen LogP contribution in [0.3, 0.4) is 0 Å². The van der Waals surface area contributed by atoms with Crippen LogP contribution in [-0.2, 0) is 0 Å². The summed E-state index contributed by atoms with van der Waals surface area (Å²) in [6.45, 7) is 0. The van der Waals surface area contributed by atoms with E-state index in [0.29, 0.717) is 17.5 Å². The normalized spacial score (nSPS) is 23.0. The van der Waals surface area contributed by atoms with E-state index >= 15 is 0 Å². The largest absolute Gasteiger partial charge is 0.473 e. The van der Waals surface area contributed by atoms with Crippen LogP contribution in [0, 0.1) is 0 Å². The van der Waals surface area contributed by atoms with E-state index in [1.807, 2.05) is 17.8 Å². The standard InChI is InChI=1S/C16H22N2O2S/c19-15(18-12-5-2-1-3-6-12)14-7-4-9-17-16(14)20-13-8-10-21-11-13/h4,7,9,12-13H,1-3,5-6,8,10-11H2,(H,18,19). The number of pyridine rings is 1. The molecule has 0 spiro atoms. The Labute approximate surface area is 130 Å². The molecule has 0 bridgehead atoms. The number of aromatic nitrogens is 1. The van der Waals surface area contributed by atoms with Gasteiger partial charge in [0.15, 0.2) is 0 Å². The Kier molecular flexibility index (Phi) is 5.01. The van der Waals surface area contributed by atoms with Gasteiger partial charge in [0.25, 0.3) is 5.91 Å². The Morgan fingerprint density at radius 3 is 2.90 bits per heavy atom. The molecule has 21 heavy (non-hydrogen) atoms. The summed E-state index contributed by atoms with van der Waals surface area (Å²) in [6.07, 6.45) is 8.78. The summed E-state index contributed by atoms with van der Waals surface area (Å²) in [5, 5.41) is 3.14. The van der Waals surface area contributed by atoms with E-state index in [9.17, 15) is 4.79 Å². The average Bonchev–Trinajstić information content (AvgIpc) is 3.02.